The molecule has 2 saturated carbocycles. The summed E-state index contributed by atoms with van der Waals surface area (Å²) in [6.07, 6.45) is 8.49. The average molecular weight is 363 g/mol. The first-order chi connectivity index (χ1) is 9.07. The maximum atomic E-state index is 7.00. The molecule has 0 aromatic rings. The molecular formula is C17H28ClOSe. The van der Waals surface area contributed by atoms with Crippen molar-refractivity contribution in [3.63, 3.8) is 0 Å². The van der Waals surface area contributed by atoms with Crippen molar-refractivity contribution < 1.29 is 3.82 Å². The summed E-state index contributed by atoms with van der Waals surface area (Å²) in [5.74, 6) is 8.09. The second-order valence-corrected chi connectivity index (χ2v) is 18.9. The molecule has 1 heterocycles. The van der Waals surface area contributed by atoms with E-state index < -0.39 is 11.2 Å². The van der Waals surface area contributed by atoms with Crippen LogP contribution in [0.3, 0.4) is 0 Å². The van der Waals surface area contributed by atoms with E-state index in [2.05, 4.69) is 39.8 Å². The summed E-state index contributed by atoms with van der Waals surface area (Å²) in [4.78, 5) is 0. The zero-order valence-electron chi connectivity index (χ0n) is 13.2. The molecule has 0 N–H and O–H groups in total. The number of hydrogen-bond donors (Lipinski definition) is 0. The van der Waals surface area contributed by atoms with Gasteiger partial charge in [0.15, 0.2) is 0 Å². The summed E-state index contributed by atoms with van der Waals surface area (Å²) >= 11 is -3.45. The summed E-state index contributed by atoms with van der Waals surface area (Å²) < 4.78 is 6.46. The molecule has 3 unspecified atom stereocenters. The Kier molecular flexibility index (Phi) is 3.30. The van der Waals surface area contributed by atoms with Gasteiger partial charge in [0.1, 0.15) is 0 Å². The van der Waals surface area contributed by atoms with Crippen LogP contribution in [0.1, 0.15) is 47.0 Å². The third kappa shape index (κ3) is 2.06. The van der Waals surface area contributed by atoms with Gasteiger partial charge in [0.05, 0.1) is 0 Å². The Bertz CT molecular complexity index is 454. The third-order valence-corrected chi connectivity index (χ3v) is 13.5. The van der Waals surface area contributed by atoms with Crippen LogP contribution in [0.25, 0.3) is 0 Å². The van der Waals surface area contributed by atoms with Crippen molar-refractivity contribution >= 4 is 21.3 Å². The summed E-state index contributed by atoms with van der Waals surface area (Å²) in [5, 5.41) is 1.71. The molecule has 3 radical (unpaired) electrons. The quantitative estimate of drug-likeness (QED) is 0.488. The van der Waals surface area contributed by atoms with Crippen LogP contribution in [0.15, 0.2) is 12.2 Å². The molecule has 0 aromatic carbocycles. The zero-order chi connectivity index (χ0) is 14.8. The maximum absolute atomic E-state index is 7.00. The van der Waals surface area contributed by atoms with E-state index in [1.165, 1.54) is 19.3 Å². The van der Waals surface area contributed by atoms with Gasteiger partial charge in [-0.2, -0.15) is 0 Å². The summed E-state index contributed by atoms with van der Waals surface area (Å²) in [7, 11) is 7.00. The predicted molar refractivity (Wildman–Crippen MR) is 87.9 cm³/mol. The van der Waals surface area contributed by atoms with Gasteiger partial charge in [-0.15, -0.1) is 0 Å². The molecule has 115 valence electrons. The van der Waals surface area contributed by atoms with E-state index in [1.54, 1.807) is 0 Å². The number of halogens is 1. The topological polar surface area (TPSA) is 9.23 Å². The molecule has 1 aliphatic heterocycles. The van der Waals surface area contributed by atoms with Crippen molar-refractivity contribution in [2.75, 3.05) is 0 Å². The molecule has 3 aliphatic rings. The Morgan fingerprint density at radius 2 is 2.15 bits per heavy atom. The van der Waals surface area contributed by atoms with E-state index in [0.717, 1.165) is 16.6 Å². The molecular weight excluding hydrogens is 335 g/mol. The first-order valence-electron chi connectivity index (χ1n) is 7.86. The minimum absolute atomic E-state index is 0.264. The average Bonchev–Trinajstić information content (AvgIpc) is 2.74. The van der Waals surface area contributed by atoms with Crippen molar-refractivity contribution in [2.24, 2.45) is 22.7 Å². The van der Waals surface area contributed by atoms with Crippen LogP contribution < -0.4 is 0 Å². The molecule has 3 fully saturated rings. The Labute approximate surface area is 129 Å². The molecule has 2 aliphatic carbocycles. The van der Waals surface area contributed by atoms with E-state index in [0.29, 0.717) is 17.4 Å². The molecule has 0 amide bonds. The van der Waals surface area contributed by atoms with Gasteiger partial charge in [0.25, 0.3) is 0 Å². The molecule has 1 spiro atoms. The van der Waals surface area contributed by atoms with Gasteiger partial charge in [0, 0.05) is 0 Å². The van der Waals surface area contributed by atoms with Crippen LogP contribution >= 0.6 is 10.1 Å². The van der Waals surface area contributed by atoms with Crippen molar-refractivity contribution in [1.29, 1.82) is 0 Å². The minimum atomic E-state index is -3.45. The molecule has 2 bridgehead atoms. The van der Waals surface area contributed by atoms with E-state index in [9.17, 15) is 0 Å². The number of fused-ring (bicyclic) bond motifs is 1. The Morgan fingerprint density at radius 3 is 2.70 bits per heavy atom. The number of rotatable bonds is 3. The molecule has 3 atom stereocenters. The molecule has 0 aromatic heterocycles. The van der Waals surface area contributed by atoms with Crippen LogP contribution in [-0.4, -0.2) is 17.3 Å². The van der Waals surface area contributed by atoms with E-state index in [1.807, 2.05) is 0 Å². The molecule has 1 saturated heterocycles. The van der Waals surface area contributed by atoms with Crippen LogP contribution in [0.5, 0.6) is 0 Å². The molecule has 3 heteroatoms. The zero-order valence-corrected chi connectivity index (χ0v) is 15.7. The third-order valence-electron chi connectivity index (χ3n) is 6.22. The van der Waals surface area contributed by atoms with Crippen molar-refractivity contribution in [2.45, 2.75) is 63.7 Å². The fraction of sp³-hybridized carbons (Fsp3) is 0.824. The van der Waals surface area contributed by atoms with E-state index in [-0.39, 0.29) is 5.41 Å². The predicted octanol–water partition coefficient (Wildman–Crippen LogP) is 5.31. The van der Waals surface area contributed by atoms with Gasteiger partial charge in [-0.25, -0.2) is 0 Å². The number of hydrogen-bond acceptors (Lipinski definition) is 1. The Balaban J connectivity index is 1.86. The van der Waals surface area contributed by atoms with E-state index in [4.69, 9.17) is 19.7 Å². The van der Waals surface area contributed by atoms with Crippen LogP contribution in [0, 0.1) is 28.5 Å². The standard InChI is InChI=1S/C17H28ClOSe/c1-13(2)7-6-10-20(5,18)12-17-9-8-14(16(17,3)4)11-15(17)19-20/h5-7,13-15H,8-12H2,1-4H3/b7-6+. The molecule has 20 heavy (non-hydrogen) atoms. The second-order valence-electron chi connectivity index (χ2n) is 8.16. The monoisotopic (exact) mass is 363 g/mol. The first kappa shape index (κ1) is 15.4. The van der Waals surface area contributed by atoms with E-state index >= 15 is 0 Å². The molecule has 3 rings (SSSR count). The first-order valence-corrected chi connectivity index (χ1v) is 14.2. The summed E-state index contributed by atoms with van der Waals surface area (Å²) in [6.45, 7) is 9.20. The van der Waals surface area contributed by atoms with Gasteiger partial charge in [-0.05, 0) is 0 Å². The fourth-order valence-electron chi connectivity index (χ4n) is 4.94. The Morgan fingerprint density at radius 1 is 1.45 bits per heavy atom. The fourth-order valence-corrected chi connectivity index (χ4v) is 13.8. The van der Waals surface area contributed by atoms with Crippen molar-refractivity contribution in [3.8, 4) is 0 Å². The summed E-state index contributed by atoms with van der Waals surface area (Å²) in [5.41, 5.74) is 0.613. The Hall–Kier alpha value is 0.509. The normalized spacial score (nSPS) is 45.6. The van der Waals surface area contributed by atoms with Crippen LogP contribution in [-0.2, 0) is 3.82 Å². The van der Waals surface area contributed by atoms with Gasteiger partial charge in [-0.1, -0.05) is 0 Å². The van der Waals surface area contributed by atoms with Gasteiger partial charge >= 0.3 is 129 Å². The van der Waals surface area contributed by atoms with Crippen molar-refractivity contribution in [3.05, 3.63) is 18.0 Å². The van der Waals surface area contributed by atoms with Crippen LogP contribution in [0.4, 0.5) is 0 Å². The second kappa shape index (κ2) is 4.28. The summed E-state index contributed by atoms with van der Waals surface area (Å²) in [6, 6.07) is 0. The van der Waals surface area contributed by atoms with Crippen LogP contribution in [0.2, 0.25) is 10.6 Å². The van der Waals surface area contributed by atoms with Crippen molar-refractivity contribution in [1.82, 2.24) is 0 Å². The number of allylic oxidation sites excluding steroid dienone is 2. The van der Waals surface area contributed by atoms with Gasteiger partial charge < -0.3 is 0 Å². The van der Waals surface area contributed by atoms with Gasteiger partial charge in [-0.3, -0.25) is 0 Å². The van der Waals surface area contributed by atoms with Gasteiger partial charge in [0.2, 0.25) is 0 Å². The SMILES string of the molecule is [CH][Se]1(Cl)(C/C=C/C(C)C)CC23CCC(CC2O1)C3(C)C. The molecule has 1 nitrogen and oxygen atoms in total.